The molecule has 0 aliphatic carbocycles. The molecule has 0 radical (unpaired) electrons. The van der Waals surface area contributed by atoms with Gasteiger partial charge in [0.05, 0.1) is 0 Å². The molecule has 1 heterocycles. The van der Waals surface area contributed by atoms with Crippen molar-refractivity contribution in [3.8, 4) is 0 Å². The lowest BCUT2D eigenvalue weighted by atomic mass is 10.1. The molecule has 2 heteroatoms. The molecule has 0 saturated heterocycles. The number of hydrogen-bond donors (Lipinski definition) is 0. The van der Waals surface area contributed by atoms with E-state index in [9.17, 15) is 4.79 Å². The lowest BCUT2D eigenvalue weighted by molar-refractivity contribution is 0.112. The second-order valence-corrected chi connectivity index (χ2v) is 3.44. The van der Waals surface area contributed by atoms with E-state index in [2.05, 4.69) is 18.4 Å². The molecule has 0 N–H and O–H groups in total. The fourth-order valence-electron chi connectivity index (χ4n) is 1.42. The molecule has 0 saturated carbocycles. The van der Waals surface area contributed by atoms with E-state index in [0.717, 1.165) is 17.5 Å². The van der Waals surface area contributed by atoms with Crippen molar-refractivity contribution in [1.29, 1.82) is 0 Å². The van der Waals surface area contributed by atoms with Crippen molar-refractivity contribution in [3.63, 3.8) is 0 Å². The van der Waals surface area contributed by atoms with Crippen molar-refractivity contribution in [2.75, 3.05) is 0 Å². The van der Waals surface area contributed by atoms with Crippen LogP contribution in [0.1, 0.15) is 41.5 Å². The van der Waals surface area contributed by atoms with Gasteiger partial charge in [0.15, 0.2) is 6.29 Å². The summed E-state index contributed by atoms with van der Waals surface area (Å²) in [6.07, 6.45) is 0.918. The van der Waals surface area contributed by atoms with Crippen molar-refractivity contribution in [2.24, 2.45) is 7.05 Å². The molecule has 66 valence electrons. The Balaban J connectivity index is 3.24. The first-order chi connectivity index (χ1) is 5.57. The topological polar surface area (TPSA) is 22.0 Å². The zero-order valence-corrected chi connectivity index (χ0v) is 8.09. The Morgan fingerprint density at radius 3 is 2.33 bits per heavy atom. The highest BCUT2D eigenvalue weighted by molar-refractivity contribution is 5.77. The SMILES string of the molecule is Cc1c(C=O)cc(C(C)C)n1C. The van der Waals surface area contributed by atoms with E-state index in [4.69, 9.17) is 0 Å². The third-order valence-corrected chi connectivity index (χ3v) is 2.33. The monoisotopic (exact) mass is 165 g/mol. The summed E-state index contributed by atoms with van der Waals surface area (Å²) in [6.45, 7) is 6.22. The molecule has 0 spiro atoms. The van der Waals surface area contributed by atoms with Crippen LogP contribution in [0.25, 0.3) is 0 Å². The maximum atomic E-state index is 10.6. The standard InChI is InChI=1S/C10H15NO/c1-7(2)10-5-9(6-12)8(3)11(10)4/h5-7H,1-4H3. The average Bonchev–Trinajstić information content (AvgIpc) is 2.30. The van der Waals surface area contributed by atoms with E-state index in [-0.39, 0.29) is 0 Å². The van der Waals surface area contributed by atoms with Crippen molar-refractivity contribution in [2.45, 2.75) is 26.7 Å². The number of rotatable bonds is 2. The second kappa shape index (κ2) is 3.13. The van der Waals surface area contributed by atoms with Crippen molar-refractivity contribution < 1.29 is 4.79 Å². The van der Waals surface area contributed by atoms with Crippen LogP contribution < -0.4 is 0 Å². The minimum Gasteiger partial charge on any atom is -0.351 e. The van der Waals surface area contributed by atoms with Gasteiger partial charge in [0, 0.05) is 24.0 Å². The first-order valence-electron chi connectivity index (χ1n) is 4.19. The summed E-state index contributed by atoms with van der Waals surface area (Å²) in [5.74, 6) is 0.474. The Kier molecular flexibility index (Phi) is 2.36. The summed E-state index contributed by atoms with van der Waals surface area (Å²) in [5.41, 5.74) is 3.07. The number of carbonyl (C=O) groups is 1. The summed E-state index contributed by atoms with van der Waals surface area (Å²) < 4.78 is 2.08. The maximum Gasteiger partial charge on any atom is 0.151 e. The molecule has 0 aliphatic heterocycles. The number of hydrogen-bond acceptors (Lipinski definition) is 1. The molecule has 0 amide bonds. The van der Waals surface area contributed by atoms with Crippen LogP contribution in [0.3, 0.4) is 0 Å². The van der Waals surface area contributed by atoms with Gasteiger partial charge in [-0.05, 0) is 18.9 Å². The predicted molar refractivity (Wildman–Crippen MR) is 49.6 cm³/mol. The number of carbonyl (C=O) groups excluding carboxylic acids is 1. The Morgan fingerprint density at radius 2 is 2.08 bits per heavy atom. The second-order valence-electron chi connectivity index (χ2n) is 3.44. The summed E-state index contributed by atoms with van der Waals surface area (Å²) in [7, 11) is 2.00. The molecular weight excluding hydrogens is 150 g/mol. The van der Waals surface area contributed by atoms with Crippen molar-refractivity contribution in [3.05, 3.63) is 23.0 Å². The fraction of sp³-hybridized carbons (Fsp3) is 0.500. The highest BCUT2D eigenvalue weighted by atomic mass is 16.1. The normalized spacial score (nSPS) is 10.8. The third kappa shape index (κ3) is 1.29. The molecule has 1 aromatic rings. The summed E-state index contributed by atoms with van der Waals surface area (Å²) in [4.78, 5) is 10.6. The van der Waals surface area contributed by atoms with Crippen molar-refractivity contribution in [1.82, 2.24) is 4.57 Å². The quantitative estimate of drug-likeness (QED) is 0.616. The zero-order chi connectivity index (χ0) is 9.30. The van der Waals surface area contributed by atoms with Gasteiger partial charge in [0.2, 0.25) is 0 Å². The van der Waals surface area contributed by atoms with Crippen LogP contribution >= 0.6 is 0 Å². The maximum absolute atomic E-state index is 10.6. The molecule has 0 unspecified atom stereocenters. The Hall–Kier alpha value is -1.05. The lowest BCUT2D eigenvalue weighted by Gasteiger charge is -2.07. The van der Waals surface area contributed by atoms with Crippen LogP contribution in [0.15, 0.2) is 6.07 Å². The molecular formula is C10H15NO. The van der Waals surface area contributed by atoms with Gasteiger partial charge in [0.25, 0.3) is 0 Å². The van der Waals surface area contributed by atoms with Gasteiger partial charge in [0.1, 0.15) is 0 Å². The van der Waals surface area contributed by atoms with Gasteiger partial charge in [-0.15, -0.1) is 0 Å². The van der Waals surface area contributed by atoms with Gasteiger partial charge in [-0.1, -0.05) is 13.8 Å². The Labute approximate surface area is 73.2 Å². The highest BCUT2D eigenvalue weighted by Crippen LogP contribution is 2.19. The average molecular weight is 165 g/mol. The molecule has 1 rings (SSSR count). The van der Waals surface area contributed by atoms with Crippen LogP contribution in [-0.4, -0.2) is 10.9 Å². The number of aldehydes is 1. The predicted octanol–water partition coefficient (Wildman–Crippen LogP) is 2.27. The molecule has 0 bridgehead atoms. The van der Waals surface area contributed by atoms with Crippen LogP contribution in [0.5, 0.6) is 0 Å². The first-order valence-corrected chi connectivity index (χ1v) is 4.19. The van der Waals surface area contributed by atoms with E-state index < -0.39 is 0 Å². The highest BCUT2D eigenvalue weighted by Gasteiger charge is 2.10. The van der Waals surface area contributed by atoms with Crippen LogP contribution in [-0.2, 0) is 7.05 Å². The first kappa shape index (κ1) is 9.04. The minimum absolute atomic E-state index is 0.474. The van der Waals surface area contributed by atoms with Gasteiger partial charge in [-0.3, -0.25) is 4.79 Å². The molecule has 0 aromatic carbocycles. The lowest BCUT2D eigenvalue weighted by Crippen LogP contribution is -1.99. The van der Waals surface area contributed by atoms with Gasteiger partial charge in [-0.2, -0.15) is 0 Å². The van der Waals surface area contributed by atoms with Crippen molar-refractivity contribution >= 4 is 6.29 Å². The molecule has 0 fully saturated rings. The minimum atomic E-state index is 0.474. The van der Waals surface area contributed by atoms with Gasteiger partial charge in [-0.25, -0.2) is 0 Å². The van der Waals surface area contributed by atoms with E-state index >= 15 is 0 Å². The van der Waals surface area contributed by atoms with Crippen LogP contribution in [0.4, 0.5) is 0 Å². The van der Waals surface area contributed by atoms with E-state index in [1.807, 2.05) is 20.0 Å². The third-order valence-electron chi connectivity index (χ3n) is 2.33. The number of aromatic nitrogens is 1. The van der Waals surface area contributed by atoms with Crippen LogP contribution in [0.2, 0.25) is 0 Å². The summed E-state index contributed by atoms with van der Waals surface area (Å²) >= 11 is 0. The zero-order valence-electron chi connectivity index (χ0n) is 8.09. The summed E-state index contributed by atoms with van der Waals surface area (Å²) in [5, 5.41) is 0. The van der Waals surface area contributed by atoms with E-state index in [1.165, 1.54) is 5.69 Å². The number of nitrogens with zero attached hydrogens (tertiary/aromatic N) is 1. The molecule has 1 aromatic heterocycles. The molecule has 12 heavy (non-hydrogen) atoms. The largest absolute Gasteiger partial charge is 0.351 e. The van der Waals surface area contributed by atoms with E-state index in [0.29, 0.717) is 5.92 Å². The van der Waals surface area contributed by atoms with Crippen LogP contribution in [0, 0.1) is 6.92 Å². The molecule has 0 aliphatic rings. The molecule has 2 nitrogen and oxygen atoms in total. The fourth-order valence-corrected chi connectivity index (χ4v) is 1.42. The Bertz CT molecular complexity index is 297. The van der Waals surface area contributed by atoms with E-state index in [1.54, 1.807) is 0 Å². The summed E-state index contributed by atoms with van der Waals surface area (Å²) in [6, 6.07) is 1.97. The Morgan fingerprint density at radius 1 is 1.50 bits per heavy atom. The smallest absolute Gasteiger partial charge is 0.151 e. The van der Waals surface area contributed by atoms with Gasteiger partial charge >= 0.3 is 0 Å². The van der Waals surface area contributed by atoms with Gasteiger partial charge < -0.3 is 4.57 Å². The molecule has 0 atom stereocenters.